The van der Waals surface area contributed by atoms with Crippen LogP contribution in [0.4, 0.5) is 5.69 Å². The molecule has 3 rings (SSSR count). The molecule has 0 unspecified atom stereocenters. The Labute approximate surface area is 124 Å². The van der Waals surface area contributed by atoms with Gasteiger partial charge in [0.15, 0.2) is 0 Å². The molecule has 106 valence electrons. The fourth-order valence-corrected chi connectivity index (χ4v) is 2.63. The third kappa shape index (κ3) is 2.82. The van der Waals surface area contributed by atoms with Gasteiger partial charge in [-0.15, -0.1) is 0 Å². The van der Waals surface area contributed by atoms with Gasteiger partial charge in [-0.25, -0.2) is 0 Å². The number of aryl methyl sites for hydroxylation is 1. The molecule has 0 saturated heterocycles. The van der Waals surface area contributed by atoms with Crippen molar-refractivity contribution in [2.24, 2.45) is 0 Å². The van der Waals surface area contributed by atoms with Gasteiger partial charge < -0.3 is 9.88 Å². The fourth-order valence-electron chi connectivity index (χ4n) is 2.63. The highest BCUT2D eigenvalue weighted by Gasteiger charge is 2.09. The first kappa shape index (κ1) is 13.4. The number of para-hydroxylation sites is 2. The number of anilines is 1. The van der Waals surface area contributed by atoms with E-state index in [9.17, 15) is 4.79 Å². The third-order valence-corrected chi connectivity index (χ3v) is 3.62. The van der Waals surface area contributed by atoms with Crippen LogP contribution in [-0.2, 0) is 17.8 Å². The number of nitrogens with zero attached hydrogens (tertiary/aromatic N) is 1. The molecule has 0 bridgehead atoms. The molecule has 0 atom stereocenters. The lowest BCUT2D eigenvalue weighted by Gasteiger charge is -2.09. The van der Waals surface area contributed by atoms with Crippen LogP contribution in [0.1, 0.15) is 12.5 Å². The van der Waals surface area contributed by atoms with Crippen molar-refractivity contribution in [1.29, 1.82) is 0 Å². The molecule has 0 aliphatic heterocycles. The van der Waals surface area contributed by atoms with Crippen molar-refractivity contribution in [3.63, 3.8) is 0 Å². The molecule has 1 heterocycles. The average Bonchev–Trinajstić information content (AvgIpc) is 2.91. The summed E-state index contributed by atoms with van der Waals surface area (Å²) < 4.78 is 2.02. The van der Waals surface area contributed by atoms with E-state index in [4.69, 9.17) is 0 Å². The van der Waals surface area contributed by atoms with Crippen molar-refractivity contribution in [2.75, 3.05) is 5.32 Å². The number of amides is 1. The second-order valence-electron chi connectivity index (χ2n) is 5.07. The lowest BCUT2D eigenvalue weighted by atomic mass is 10.1. The number of fused-ring (bicyclic) bond motifs is 1. The highest BCUT2D eigenvalue weighted by Crippen LogP contribution is 2.21. The number of carbonyl (C=O) groups is 1. The Bertz CT molecular complexity index is 759. The largest absolute Gasteiger partial charge is 0.338 e. The number of rotatable bonds is 4. The zero-order chi connectivity index (χ0) is 14.7. The molecule has 3 heteroatoms. The number of hydrogen-bond acceptors (Lipinski definition) is 1. The Morgan fingerprint density at radius 2 is 1.86 bits per heavy atom. The van der Waals surface area contributed by atoms with Gasteiger partial charge in [0.05, 0.1) is 5.52 Å². The summed E-state index contributed by atoms with van der Waals surface area (Å²) >= 11 is 0. The van der Waals surface area contributed by atoms with Crippen molar-refractivity contribution in [1.82, 2.24) is 4.57 Å². The average molecular weight is 278 g/mol. The van der Waals surface area contributed by atoms with E-state index in [-0.39, 0.29) is 5.91 Å². The van der Waals surface area contributed by atoms with Gasteiger partial charge in [-0.2, -0.15) is 0 Å². The molecule has 2 aromatic carbocycles. The zero-order valence-corrected chi connectivity index (χ0v) is 12.0. The van der Waals surface area contributed by atoms with Gasteiger partial charge in [0.1, 0.15) is 6.54 Å². The minimum atomic E-state index is -0.00962. The lowest BCUT2D eigenvalue weighted by Crippen LogP contribution is -2.18. The highest BCUT2D eigenvalue weighted by atomic mass is 16.1. The second kappa shape index (κ2) is 5.83. The van der Waals surface area contributed by atoms with E-state index in [2.05, 4.69) is 36.5 Å². The van der Waals surface area contributed by atoms with Gasteiger partial charge >= 0.3 is 0 Å². The molecule has 0 saturated carbocycles. The number of carbonyl (C=O) groups excluding carboxylic acids is 1. The molecule has 0 radical (unpaired) electrons. The van der Waals surface area contributed by atoms with Crippen LogP contribution in [0.2, 0.25) is 0 Å². The quantitative estimate of drug-likeness (QED) is 0.773. The van der Waals surface area contributed by atoms with Gasteiger partial charge in [0, 0.05) is 11.9 Å². The molecule has 1 N–H and O–H groups in total. The highest BCUT2D eigenvalue weighted by molar-refractivity contribution is 5.92. The van der Waals surface area contributed by atoms with Crippen molar-refractivity contribution in [3.05, 3.63) is 66.4 Å². The summed E-state index contributed by atoms with van der Waals surface area (Å²) in [6.07, 6.45) is 2.94. The van der Waals surface area contributed by atoms with Crippen LogP contribution >= 0.6 is 0 Å². The molecule has 3 nitrogen and oxygen atoms in total. The molecular formula is C18H18N2O. The maximum atomic E-state index is 12.2. The minimum absolute atomic E-state index is 0.00962. The number of hydrogen-bond donors (Lipinski definition) is 1. The van der Waals surface area contributed by atoms with Crippen LogP contribution in [0, 0.1) is 0 Å². The summed E-state index contributed by atoms with van der Waals surface area (Å²) in [6, 6.07) is 17.9. The Kier molecular flexibility index (Phi) is 3.73. The van der Waals surface area contributed by atoms with E-state index < -0.39 is 0 Å². The lowest BCUT2D eigenvalue weighted by molar-refractivity contribution is -0.116. The van der Waals surface area contributed by atoms with Gasteiger partial charge in [-0.3, -0.25) is 4.79 Å². The Balaban J connectivity index is 1.83. The van der Waals surface area contributed by atoms with Gasteiger partial charge in [0.2, 0.25) is 5.91 Å². The van der Waals surface area contributed by atoms with Crippen molar-refractivity contribution in [2.45, 2.75) is 19.9 Å². The van der Waals surface area contributed by atoms with E-state index in [1.54, 1.807) is 0 Å². The van der Waals surface area contributed by atoms with E-state index in [1.165, 1.54) is 10.9 Å². The molecule has 1 aromatic heterocycles. The smallest absolute Gasteiger partial charge is 0.244 e. The van der Waals surface area contributed by atoms with Crippen molar-refractivity contribution in [3.8, 4) is 0 Å². The Morgan fingerprint density at radius 1 is 1.05 bits per heavy atom. The van der Waals surface area contributed by atoms with E-state index in [0.29, 0.717) is 6.54 Å². The predicted octanol–water partition coefficient (Wildman–Crippen LogP) is 3.84. The van der Waals surface area contributed by atoms with Crippen LogP contribution in [0.15, 0.2) is 60.8 Å². The summed E-state index contributed by atoms with van der Waals surface area (Å²) in [4.78, 5) is 12.2. The maximum absolute atomic E-state index is 12.2. The van der Waals surface area contributed by atoms with E-state index >= 15 is 0 Å². The van der Waals surface area contributed by atoms with Crippen LogP contribution < -0.4 is 5.32 Å². The molecule has 21 heavy (non-hydrogen) atoms. The van der Waals surface area contributed by atoms with Crippen LogP contribution in [0.3, 0.4) is 0 Å². The van der Waals surface area contributed by atoms with E-state index in [0.717, 1.165) is 17.6 Å². The Hall–Kier alpha value is -2.55. The summed E-state index contributed by atoms with van der Waals surface area (Å²) in [7, 11) is 0. The molecular weight excluding hydrogens is 260 g/mol. The van der Waals surface area contributed by atoms with Gasteiger partial charge in [0.25, 0.3) is 0 Å². The zero-order valence-electron chi connectivity index (χ0n) is 12.0. The van der Waals surface area contributed by atoms with Crippen LogP contribution in [-0.4, -0.2) is 10.5 Å². The fraction of sp³-hybridized carbons (Fsp3) is 0.167. The normalized spacial score (nSPS) is 10.7. The first-order chi connectivity index (χ1) is 10.3. The van der Waals surface area contributed by atoms with Crippen molar-refractivity contribution >= 4 is 22.5 Å². The monoisotopic (exact) mass is 278 g/mol. The summed E-state index contributed by atoms with van der Waals surface area (Å²) in [6.45, 7) is 2.46. The summed E-state index contributed by atoms with van der Waals surface area (Å²) in [5, 5.41) is 4.10. The first-order valence-corrected chi connectivity index (χ1v) is 7.19. The number of nitrogens with one attached hydrogen (secondary N) is 1. The SMILES string of the molecule is CCc1cccc2ccn(CC(=O)Nc3ccccc3)c12. The number of aromatic nitrogens is 1. The van der Waals surface area contributed by atoms with Gasteiger partial charge in [-0.05, 0) is 35.6 Å². The van der Waals surface area contributed by atoms with Gasteiger partial charge in [-0.1, -0.05) is 43.3 Å². The number of benzene rings is 2. The topological polar surface area (TPSA) is 34.0 Å². The van der Waals surface area contributed by atoms with E-state index in [1.807, 2.05) is 41.1 Å². The molecule has 0 aliphatic rings. The molecule has 1 amide bonds. The Morgan fingerprint density at radius 3 is 2.62 bits per heavy atom. The molecule has 0 spiro atoms. The molecule has 0 aliphatic carbocycles. The molecule has 3 aromatic rings. The standard InChI is InChI=1S/C18H18N2O/c1-2-14-7-6-8-15-11-12-20(18(14)15)13-17(21)19-16-9-4-3-5-10-16/h3-12H,2,13H2,1H3,(H,19,21). The van der Waals surface area contributed by atoms with Crippen molar-refractivity contribution < 1.29 is 4.79 Å². The minimum Gasteiger partial charge on any atom is -0.338 e. The van der Waals surface area contributed by atoms with Crippen LogP contribution in [0.25, 0.3) is 10.9 Å². The molecule has 0 fully saturated rings. The summed E-state index contributed by atoms with van der Waals surface area (Å²) in [5.41, 5.74) is 3.25. The first-order valence-electron chi connectivity index (χ1n) is 7.19. The summed E-state index contributed by atoms with van der Waals surface area (Å²) in [5.74, 6) is -0.00962. The van der Waals surface area contributed by atoms with Crippen LogP contribution in [0.5, 0.6) is 0 Å². The third-order valence-electron chi connectivity index (χ3n) is 3.62. The second-order valence-corrected chi connectivity index (χ2v) is 5.07. The maximum Gasteiger partial charge on any atom is 0.244 e. The predicted molar refractivity (Wildman–Crippen MR) is 86.4 cm³/mol.